The van der Waals surface area contributed by atoms with Crippen molar-refractivity contribution in [2.45, 2.75) is 59.6 Å². The summed E-state index contributed by atoms with van der Waals surface area (Å²) in [5.41, 5.74) is -0.614. The van der Waals surface area contributed by atoms with Gasteiger partial charge in [0, 0.05) is 25.6 Å². The number of rotatable bonds is 6. The Morgan fingerprint density at radius 2 is 1.57 bits per heavy atom. The first-order chi connectivity index (χ1) is 9.55. The molecule has 8 nitrogen and oxygen atoms in total. The van der Waals surface area contributed by atoms with Crippen LogP contribution in [-0.4, -0.2) is 41.4 Å². The number of hydrogen-bond acceptors (Lipinski definition) is 7. The van der Waals surface area contributed by atoms with E-state index in [1.54, 1.807) is 27.7 Å². The van der Waals surface area contributed by atoms with Gasteiger partial charge >= 0.3 is 18.0 Å². The zero-order valence-corrected chi connectivity index (χ0v) is 13.4. The maximum atomic E-state index is 11.6. The van der Waals surface area contributed by atoms with Crippen LogP contribution >= 0.6 is 0 Å². The minimum absolute atomic E-state index is 0.0893. The molecule has 122 valence electrons. The Labute approximate surface area is 124 Å². The van der Waals surface area contributed by atoms with Crippen LogP contribution in [0.1, 0.15) is 48.0 Å². The molecule has 1 amide bonds. The molecule has 0 saturated carbocycles. The van der Waals surface area contributed by atoms with Gasteiger partial charge in [0.1, 0.15) is 11.6 Å². The van der Waals surface area contributed by atoms with Crippen molar-refractivity contribution in [3.8, 4) is 0 Å². The van der Waals surface area contributed by atoms with E-state index in [1.165, 1.54) is 13.8 Å². The number of hydroxylamine groups is 2. The summed E-state index contributed by atoms with van der Waals surface area (Å²) in [6.07, 6.45) is -0.136. The predicted molar refractivity (Wildman–Crippen MR) is 73.7 cm³/mol. The van der Waals surface area contributed by atoms with Gasteiger partial charge in [0.15, 0.2) is 0 Å². The van der Waals surface area contributed by atoms with E-state index >= 15 is 0 Å². The zero-order valence-electron chi connectivity index (χ0n) is 13.4. The fourth-order valence-corrected chi connectivity index (χ4v) is 1.30. The normalized spacial score (nSPS) is 12.5. The van der Waals surface area contributed by atoms with Gasteiger partial charge in [0.25, 0.3) is 0 Å². The summed E-state index contributed by atoms with van der Waals surface area (Å²) in [6, 6.07) is -0.523. The van der Waals surface area contributed by atoms with Crippen molar-refractivity contribution in [1.82, 2.24) is 10.5 Å². The van der Waals surface area contributed by atoms with Gasteiger partial charge in [0.05, 0.1) is 0 Å². The summed E-state index contributed by atoms with van der Waals surface area (Å²) in [5.74, 6) is -1.26. The number of carbonyl (C=O) groups excluding carboxylic acids is 3. The second-order valence-corrected chi connectivity index (χ2v) is 5.40. The lowest BCUT2D eigenvalue weighted by atomic mass is 10.2. The van der Waals surface area contributed by atoms with Crippen LogP contribution < -0.4 is 5.32 Å². The van der Waals surface area contributed by atoms with E-state index in [1.807, 2.05) is 0 Å². The average molecular weight is 304 g/mol. The topological polar surface area (TPSA) is 94.2 Å². The van der Waals surface area contributed by atoms with Crippen molar-refractivity contribution >= 4 is 18.0 Å². The van der Waals surface area contributed by atoms with Crippen LogP contribution in [0.3, 0.4) is 0 Å². The molecule has 0 rings (SSSR count). The van der Waals surface area contributed by atoms with E-state index in [0.29, 0.717) is 6.42 Å². The second-order valence-electron chi connectivity index (χ2n) is 5.40. The first kappa shape index (κ1) is 19.2. The van der Waals surface area contributed by atoms with Crippen LogP contribution in [0.15, 0.2) is 0 Å². The fourth-order valence-electron chi connectivity index (χ4n) is 1.30. The van der Waals surface area contributed by atoms with E-state index in [2.05, 4.69) is 5.32 Å². The summed E-state index contributed by atoms with van der Waals surface area (Å²) in [5, 5.41) is 3.33. The van der Waals surface area contributed by atoms with E-state index in [-0.39, 0.29) is 6.54 Å². The van der Waals surface area contributed by atoms with E-state index in [4.69, 9.17) is 14.4 Å². The number of carbonyl (C=O) groups is 3. The molecule has 1 N–H and O–H groups in total. The molecule has 0 fully saturated rings. The summed E-state index contributed by atoms with van der Waals surface area (Å²) < 4.78 is 5.09. The molecule has 0 aromatic heterocycles. The highest BCUT2D eigenvalue weighted by Crippen LogP contribution is 2.09. The number of alkyl carbamates (subject to hydrolysis) is 1. The average Bonchev–Trinajstić information content (AvgIpc) is 2.25. The van der Waals surface area contributed by atoms with Gasteiger partial charge in [-0.2, -0.15) is 0 Å². The lowest BCUT2D eigenvalue weighted by molar-refractivity contribution is -0.341. The van der Waals surface area contributed by atoms with E-state index < -0.39 is 29.7 Å². The molecule has 0 radical (unpaired) electrons. The van der Waals surface area contributed by atoms with Gasteiger partial charge in [0.2, 0.25) is 0 Å². The van der Waals surface area contributed by atoms with Crippen molar-refractivity contribution in [3.05, 3.63) is 0 Å². The number of amides is 1. The Bertz CT molecular complexity index is 361. The molecule has 0 spiro atoms. The quantitative estimate of drug-likeness (QED) is 0.744. The predicted octanol–water partition coefficient (Wildman–Crippen LogP) is 1.55. The van der Waals surface area contributed by atoms with Gasteiger partial charge in [-0.1, -0.05) is 6.92 Å². The van der Waals surface area contributed by atoms with Crippen LogP contribution in [0, 0.1) is 0 Å². The molecule has 0 aliphatic carbocycles. The van der Waals surface area contributed by atoms with Crippen molar-refractivity contribution in [2.75, 3.05) is 6.54 Å². The van der Waals surface area contributed by atoms with Crippen LogP contribution in [-0.2, 0) is 24.0 Å². The van der Waals surface area contributed by atoms with Gasteiger partial charge in [-0.15, -0.1) is 0 Å². The van der Waals surface area contributed by atoms with E-state index in [9.17, 15) is 14.4 Å². The summed E-state index contributed by atoms with van der Waals surface area (Å²) in [6.45, 7) is 9.48. The third-order valence-corrected chi connectivity index (χ3v) is 2.09. The monoisotopic (exact) mass is 304 g/mol. The summed E-state index contributed by atoms with van der Waals surface area (Å²) in [7, 11) is 0. The molecule has 0 aromatic carbocycles. The molecule has 21 heavy (non-hydrogen) atoms. The molecular formula is C13H24N2O6. The van der Waals surface area contributed by atoms with Crippen molar-refractivity contribution in [1.29, 1.82) is 0 Å². The summed E-state index contributed by atoms with van der Waals surface area (Å²) in [4.78, 5) is 43.2. The van der Waals surface area contributed by atoms with E-state index in [0.717, 1.165) is 5.23 Å². The molecule has 0 aliphatic heterocycles. The Balaban J connectivity index is 4.59. The first-order valence-electron chi connectivity index (χ1n) is 6.68. The number of nitrogens with one attached hydrogen (secondary N) is 1. The zero-order chi connectivity index (χ0) is 16.6. The van der Waals surface area contributed by atoms with Crippen molar-refractivity contribution in [2.24, 2.45) is 0 Å². The lowest BCUT2D eigenvalue weighted by Crippen LogP contribution is -2.46. The molecule has 0 saturated heterocycles. The highest BCUT2D eigenvalue weighted by Gasteiger charge is 2.25. The first-order valence-corrected chi connectivity index (χ1v) is 6.68. The van der Waals surface area contributed by atoms with Gasteiger partial charge in [-0.05, 0) is 27.2 Å². The van der Waals surface area contributed by atoms with Crippen molar-refractivity contribution in [3.63, 3.8) is 0 Å². The molecule has 0 bridgehead atoms. The molecule has 0 heterocycles. The Hall–Kier alpha value is -1.83. The number of hydrogen-bond donors (Lipinski definition) is 1. The Morgan fingerprint density at radius 3 is 1.90 bits per heavy atom. The molecular weight excluding hydrogens is 280 g/mol. The minimum atomic E-state index is -0.632. The standard InChI is InChI=1S/C13H24N2O6/c1-7-11(8-14-12(18)19-13(4,5)6)15(20-9(2)16)21-10(3)17/h11H,7-8H2,1-6H3,(H,14,18). The number of nitrogens with zero attached hydrogens (tertiary/aromatic N) is 1. The third-order valence-electron chi connectivity index (χ3n) is 2.09. The van der Waals surface area contributed by atoms with Gasteiger partial charge < -0.3 is 19.7 Å². The Morgan fingerprint density at radius 1 is 1.10 bits per heavy atom. The van der Waals surface area contributed by atoms with Crippen LogP contribution in [0.25, 0.3) is 0 Å². The molecule has 0 aromatic rings. The van der Waals surface area contributed by atoms with Gasteiger partial charge in [-0.25, -0.2) is 4.79 Å². The number of ether oxygens (including phenoxy) is 1. The fraction of sp³-hybridized carbons (Fsp3) is 0.769. The molecule has 8 heteroatoms. The minimum Gasteiger partial charge on any atom is -0.444 e. The maximum absolute atomic E-state index is 11.6. The van der Waals surface area contributed by atoms with Gasteiger partial charge in [-0.3, -0.25) is 9.59 Å². The second kappa shape index (κ2) is 8.46. The largest absolute Gasteiger partial charge is 0.444 e. The highest BCUT2D eigenvalue weighted by atomic mass is 17.0. The van der Waals surface area contributed by atoms with Crippen molar-refractivity contribution < 1.29 is 28.8 Å². The van der Waals surface area contributed by atoms with Crippen LogP contribution in [0.2, 0.25) is 0 Å². The van der Waals surface area contributed by atoms with Crippen LogP contribution in [0.4, 0.5) is 4.79 Å². The lowest BCUT2D eigenvalue weighted by Gasteiger charge is -2.27. The highest BCUT2D eigenvalue weighted by molar-refractivity contribution is 5.68. The molecule has 1 atom stereocenters. The maximum Gasteiger partial charge on any atom is 0.407 e. The smallest absolute Gasteiger partial charge is 0.407 e. The summed E-state index contributed by atoms with van der Waals surface area (Å²) >= 11 is 0. The third kappa shape index (κ3) is 9.67. The molecule has 1 unspecified atom stereocenters. The Kier molecular flexibility index (Phi) is 7.72. The van der Waals surface area contributed by atoms with Crippen LogP contribution in [0.5, 0.6) is 0 Å². The SMILES string of the molecule is CCC(CNC(=O)OC(C)(C)C)N(OC(C)=O)OC(C)=O. The molecule has 0 aliphatic rings.